The van der Waals surface area contributed by atoms with E-state index in [1.54, 1.807) is 60.5 Å². The lowest BCUT2D eigenvalue weighted by molar-refractivity contribution is -0.114. The summed E-state index contributed by atoms with van der Waals surface area (Å²) in [6.45, 7) is 3.39. The van der Waals surface area contributed by atoms with Gasteiger partial charge >= 0.3 is 0 Å². The molecule has 1 aliphatic rings. The van der Waals surface area contributed by atoms with Gasteiger partial charge < -0.3 is 30.3 Å². The zero-order valence-corrected chi connectivity index (χ0v) is 18.8. The number of nitrogens with zero attached hydrogens (tertiary/aromatic N) is 1. The van der Waals surface area contributed by atoms with Gasteiger partial charge in [0.05, 0.1) is 19.8 Å². The van der Waals surface area contributed by atoms with Crippen molar-refractivity contribution in [3.8, 4) is 0 Å². The van der Waals surface area contributed by atoms with Crippen molar-refractivity contribution < 1.29 is 23.9 Å². The van der Waals surface area contributed by atoms with Gasteiger partial charge in [0.2, 0.25) is 5.91 Å². The first-order chi connectivity index (χ1) is 16.1. The molecule has 0 unspecified atom stereocenters. The third kappa shape index (κ3) is 7.58. The highest BCUT2D eigenvalue weighted by Gasteiger charge is 2.18. The van der Waals surface area contributed by atoms with Gasteiger partial charge in [-0.05, 0) is 48.9 Å². The Kier molecular flexibility index (Phi) is 9.22. The third-order valence-electron chi connectivity index (χ3n) is 5.10. The number of carbonyl (C=O) groups is 3. The van der Waals surface area contributed by atoms with E-state index in [-0.39, 0.29) is 24.3 Å². The predicted octanol–water partition coefficient (Wildman–Crippen LogP) is 1.98. The molecule has 33 heavy (non-hydrogen) atoms. The Balaban J connectivity index is 1.46. The average molecular weight is 455 g/mol. The van der Waals surface area contributed by atoms with Crippen molar-refractivity contribution in [1.29, 1.82) is 0 Å². The number of anilines is 2. The van der Waals surface area contributed by atoms with Crippen LogP contribution in [0.2, 0.25) is 0 Å². The summed E-state index contributed by atoms with van der Waals surface area (Å²) >= 11 is 0. The summed E-state index contributed by atoms with van der Waals surface area (Å²) < 4.78 is 10.2. The van der Waals surface area contributed by atoms with E-state index in [2.05, 4.69) is 16.0 Å². The molecule has 1 saturated heterocycles. The topological polar surface area (TPSA) is 109 Å². The SMILES string of the molecule is COCCCNC(=O)c1ccc(NCC(=O)Nc2cccc(C(=O)N3CCOCC3)c2)cc1. The second-order valence-electron chi connectivity index (χ2n) is 7.57. The number of amides is 3. The molecule has 2 aromatic rings. The Bertz CT molecular complexity index is 942. The molecular formula is C24H30N4O5. The Morgan fingerprint density at radius 3 is 2.48 bits per heavy atom. The van der Waals surface area contributed by atoms with Crippen molar-refractivity contribution in [2.24, 2.45) is 0 Å². The van der Waals surface area contributed by atoms with Crippen LogP contribution in [-0.4, -0.2) is 75.7 Å². The molecule has 176 valence electrons. The minimum absolute atomic E-state index is 0.0458. The number of methoxy groups -OCH3 is 1. The fourth-order valence-corrected chi connectivity index (χ4v) is 3.33. The summed E-state index contributed by atoms with van der Waals surface area (Å²) in [4.78, 5) is 38.8. The van der Waals surface area contributed by atoms with Crippen LogP contribution in [0.25, 0.3) is 0 Å². The Labute approximate surface area is 193 Å². The van der Waals surface area contributed by atoms with Gasteiger partial charge in [0.15, 0.2) is 0 Å². The lowest BCUT2D eigenvalue weighted by Gasteiger charge is -2.27. The van der Waals surface area contributed by atoms with E-state index in [1.807, 2.05) is 0 Å². The number of rotatable bonds is 10. The molecule has 1 heterocycles. The van der Waals surface area contributed by atoms with Crippen LogP contribution >= 0.6 is 0 Å². The third-order valence-corrected chi connectivity index (χ3v) is 5.10. The van der Waals surface area contributed by atoms with Crippen molar-refractivity contribution in [2.45, 2.75) is 6.42 Å². The quantitative estimate of drug-likeness (QED) is 0.474. The van der Waals surface area contributed by atoms with E-state index in [0.29, 0.717) is 56.3 Å². The molecule has 3 amide bonds. The molecule has 0 aliphatic carbocycles. The molecule has 0 spiro atoms. The number of benzene rings is 2. The van der Waals surface area contributed by atoms with Crippen LogP contribution in [0.1, 0.15) is 27.1 Å². The maximum Gasteiger partial charge on any atom is 0.254 e. The van der Waals surface area contributed by atoms with E-state index in [1.165, 1.54) is 0 Å². The Hall–Kier alpha value is -3.43. The maximum atomic E-state index is 12.6. The van der Waals surface area contributed by atoms with Gasteiger partial charge in [-0.25, -0.2) is 0 Å². The molecule has 3 rings (SSSR count). The Morgan fingerprint density at radius 2 is 1.76 bits per heavy atom. The first-order valence-corrected chi connectivity index (χ1v) is 10.9. The smallest absolute Gasteiger partial charge is 0.254 e. The molecule has 9 heteroatoms. The fraction of sp³-hybridized carbons (Fsp3) is 0.375. The van der Waals surface area contributed by atoms with Gasteiger partial charge in [-0.2, -0.15) is 0 Å². The van der Waals surface area contributed by atoms with E-state index in [9.17, 15) is 14.4 Å². The van der Waals surface area contributed by atoms with Crippen molar-refractivity contribution in [3.05, 3.63) is 59.7 Å². The highest BCUT2D eigenvalue weighted by atomic mass is 16.5. The molecule has 0 radical (unpaired) electrons. The minimum Gasteiger partial charge on any atom is -0.385 e. The van der Waals surface area contributed by atoms with E-state index >= 15 is 0 Å². The lowest BCUT2D eigenvalue weighted by Crippen LogP contribution is -2.40. The number of hydrogen-bond acceptors (Lipinski definition) is 6. The molecule has 1 fully saturated rings. The monoisotopic (exact) mass is 454 g/mol. The van der Waals surface area contributed by atoms with Crippen LogP contribution in [0.4, 0.5) is 11.4 Å². The van der Waals surface area contributed by atoms with Crippen molar-refractivity contribution in [3.63, 3.8) is 0 Å². The van der Waals surface area contributed by atoms with Crippen LogP contribution in [-0.2, 0) is 14.3 Å². The summed E-state index contributed by atoms with van der Waals surface area (Å²) in [5, 5.41) is 8.66. The first kappa shape index (κ1) is 24.2. The fourth-order valence-electron chi connectivity index (χ4n) is 3.33. The van der Waals surface area contributed by atoms with Gasteiger partial charge in [0.1, 0.15) is 0 Å². The number of carbonyl (C=O) groups excluding carboxylic acids is 3. The van der Waals surface area contributed by atoms with Crippen LogP contribution in [0.5, 0.6) is 0 Å². The highest BCUT2D eigenvalue weighted by molar-refractivity contribution is 5.98. The van der Waals surface area contributed by atoms with Crippen LogP contribution in [0, 0.1) is 0 Å². The van der Waals surface area contributed by atoms with Crippen molar-refractivity contribution >= 4 is 29.1 Å². The zero-order valence-electron chi connectivity index (χ0n) is 18.8. The first-order valence-electron chi connectivity index (χ1n) is 10.9. The normalized spacial score (nSPS) is 13.3. The predicted molar refractivity (Wildman–Crippen MR) is 126 cm³/mol. The van der Waals surface area contributed by atoms with Crippen LogP contribution < -0.4 is 16.0 Å². The van der Waals surface area contributed by atoms with Crippen molar-refractivity contribution in [1.82, 2.24) is 10.2 Å². The lowest BCUT2D eigenvalue weighted by atomic mass is 10.1. The van der Waals surface area contributed by atoms with Crippen LogP contribution in [0.15, 0.2) is 48.5 Å². The number of ether oxygens (including phenoxy) is 2. The van der Waals surface area contributed by atoms with Gasteiger partial charge in [-0.15, -0.1) is 0 Å². The summed E-state index contributed by atoms with van der Waals surface area (Å²) in [7, 11) is 1.62. The summed E-state index contributed by atoms with van der Waals surface area (Å²) in [6, 6.07) is 13.8. The van der Waals surface area contributed by atoms with Crippen molar-refractivity contribution in [2.75, 3.05) is 63.7 Å². The average Bonchev–Trinajstić information content (AvgIpc) is 2.86. The molecule has 0 atom stereocenters. The number of hydrogen-bond donors (Lipinski definition) is 3. The molecule has 9 nitrogen and oxygen atoms in total. The molecule has 0 aromatic heterocycles. The summed E-state index contributed by atoms with van der Waals surface area (Å²) in [5.41, 5.74) is 2.35. The minimum atomic E-state index is -0.245. The van der Waals surface area contributed by atoms with Gasteiger partial charge in [-0.1, -0.05) is 6.07 Å². The molecular weight excluding hydrogens is 424 g/mol. The number of morpholine rings is 1. The second-order valence-corrected chi connectivity index (χ2v) is 7.57. The van der Waals surface area contributed by atoms with E-state index < -0.39 is 0 Å². The van der Waals surface area contributed by atoms with Gasteiger partial charge in [0, 0.05) is 55.9 Å². The molecule has 0 bridgehead atoms. The molecule has 1 aliphatic heterocycles. The maximum absolute atomic E-state index is 12.6. The standard InChI is InChI=1S/C24H30N4O5/c1-32-13-3-10-25-23(30)18-6-8-20(9-7-18)26-17-22(29)27-21-5-2-4-19(16-21)24(31)28-11-14-33-15-12-28/h2,4-9,16,26H,3,10-15,17H2,1H3,(H,25,30)(H,27,29). The zero-order chi connectivity index (χ0) is 23.5. The van der Waals surface area contributed by atoms with Gasteiger partial charge in [0.25, 0.3) is 11.8 Å². The Morgan fingerprint density at radius 1 is 1.00 bits per heavy atom. The summed E-state index contributed by atoms with van der Waals surface area (Å²) in [5.74, 6) is -0.469. The van der Waals surface area contributed by atoms with Gasteiger partial charge in [-0.3, -0.25) is 14.4 Å². The largest absolute Gasteiger partial charge is 0.385 e. The molecule has 3 N–H and O–H groups in total. The molecule has 2 aromatic carbocycles. The molecule has 0 saturated carbocycles. The van der Waals surface area contributed by atoms with E-state index in [4.69, 9.17) is 9.47 Å². The number of nitrogens with one attached hydrogen (secondary N) is 3. The highest BCUT2D eigenvalue weighted by Crippen LogP contribution is 2.14. The summed E-state index contributed by atoms with van der Waals surface area (Å²) in [6.07, 6.45) is 0.751. The van der Waals surface area contributed by atoms with E-state index in [0.717, 1.165) is 12.1 Å². The second kappa shape index (κ2) is 12.6. The van der Waals surface area contributed by atoms with Crippen LogP contribution in [0.3, 0.4) is 0 Å².